The summed E-state index contributed by atoms with van der Waals surface area (Å²) in [7, 11) is 0. The zero-order chi connectivity index (χ0) is 86.4. The van der Waals surface area contributed by atoms with E-state index in [0.29, 0.717) is 6.42 Å². The molecule has 0 aliphatic rings. The molecule has 6 aromatic rings. The highest BCUT2D eigenvalue weighted by molar-refractivity contribution is 6.01. The van der Waals surface area contributed by atoms with E-state index < -0.39 is 205 Å². The lowest BCUT2D eigenvalue weighted by atomic mass is 10.0. The number of primary amides is 2. The molecule has 32 N–H and O–H groups in total. The summed E-state index contributed by atoms with van der Waals surface area (Å²) < 4.78 is 0. The summed E-state index contributed by atoms with van der Waals surface area (Å²) >= 11 is 0. The van der Waals surface area contributed by atoms with Gasteiger partial charge in [-0.2, -0.15) is 0 Å². The lowest BCUT2D eigenvalue weighted by Crippen LogP contribution is -2.56. The van der Waals surface area contributed by atoms with E-state index >= 15 is 0 Å². The number of carbonyl (C=O) groups is 12. The monoisotopic (exact) mass is 1630 g/mol. The van der Waals surface area contributed by atoms with E-state index in [0.717, 1.165) is 72.8 Å². The maximum Gasteiger partial charge on any atom is 0.252 e. The van der Waals surface area contributed by atoms with Crippen molar-refractivity contribution in [3.63, 3.8) is 0 Å². The average molecular weight is 1630 g/mol. The van der Waals surface area contributed by atoms with E-state index in [-0.39, 0.29) is 156 Å². The van der Waals surface area contributed by atoms with Crippen LogP contribution in [0.2, 0.25) is 0 Å². The van der Waals surface area contributed by atoms with Crippen LogP contribution in [0.15, 0.2) is 72.8 Å². The number of carbonyl (C=O) groups excluding carboxylic acids is 12. The van der Waals surface area contributed by atoms with E-state index in [2.05, 4.69) is 53.2 Å². The van der Waals surface area contributed by atoms with Crippen molar-refractivity contribution in [1.29, 1.82) is 0 Å². The van der Waals surface area contributed by atoms with Crippen LogP contribution in [0.4, 0.5) is 0 Å². The Hall–Kier alpha value is -14.6. The number of rotatable bonds is 41. The first-order valence-electron chi connectivity index (χ1n) is 35.7. The lowest BCUT2D eigenvalue weighted by Gasteiger charge is -2.25. The number of hydrogen-bond donors (Lipinski definition) is 30. The molecule has 42 heteroatoms. The maximum absolute atomic E-state index is 13.7. The topological polar surface area (TPSA) is 741 Å². The normalized spacial score (nSPS) is 12.1. The first-order chi connectivity index (χ1) is 54.7. The third kappa shape index (κ3) is 28.0. The molecule has 42 nitrogen and oxygen atoms in total. The van der Waals surface area contributed by atoms with E-state index in [1.165, 1.54) is 6.92 Å². The molecule has 5 atom stereocenters. The van der Waals surface area contributed by atoms with Crippen molar-refractivity contribution >= 4 is 70.9 Å². The molecule has 628 valence electrons. The fourth-order valence-corrected chi connectivity index (χ4v) is 11.0. The SMILES string of the molecule is CC(=O)N[C@H](CCCCNC(=O)c1cc(O)c(O)c(O)c1)C(=O)N[C@H](CCCCNC(=O)c1cc(O)c(O)c(O)c1)C(=O)N[C@H](CCCCNC(=O)c1cc(O)c(O)c(O)c1)C(N)=O.NC(=O)[C@@H](CCCCNC(=O)c1cc(O)c(O)c(O)c1)NC(=O)[C@@H](CCCCNC(=O)c1cc(O)c(O)c(O)c1)NC(=O)c1cc(O)c(O)c(O)c1. The molecule has 0 saturated heterocycles. The van der Waals surface area contributed by atoms with Gasteiger partial charge in [-0.25, -0.2) is 0 Å². The number of nitrogens with two attached hydrogens (primary N) is 2. The minimum Gasteiger partial charge on any atom is -0.504 e. The van der Waals surface area contributed by atoms with E-state index in [1.54, 1.807) is 0 Å². The molecule has 0 heterocycles. The Kier molecular flexibility index (Phi) is 34.7. The number of phenols is 18. The summed E-state index contributed by atoms with van der Waals surface area (Å²) in [6, 6.07) is 4.99. The van der Waals surface area contributed by atoms with Crippen LogP contribution in [0.3, 0.4) is 0 Å². The van der Waals surface area contributed by atoms with Gasteiger partial charge in [-0.15, -0.1) is 0 Å². The second kappa shape index (κ2) is 43.8. The van der Waals surface area contributed by atoms with Crippen LogP contribution in [0.1, 0.15) is 165 Å². The second-order valence-electron chi connectivity index (χ2n) is 26.2. The Morgan fingerprint density at radius 2 is 0.405 bits per heavy atom. The van der Waals surface area contributed by atoms with E-state index in [1.807, 2.05) is 0 Å². The van der Waals surface area contributed by atoms with Gasteiger partial charge in [-0.3, -0.25) is 57.5 Å². The zero-order valence-electron chi connectivity index (χ0n) is 62.1. The van der Waals surface area contributed by atoms with Gasteiger partial charge in [0.1, 0.15) is 30.2 Å². The molecule has 0 aromatic heterocycles. The first-order valence-corrected chi connectivity index (χ1v) is 35.7. The summed E-state index contributed by atoms with van der Waals surface area (Å²) in [4.78, 5) is 153. The van der Waals surface area contributed by atoms with Crippen molar-refractivity contribution < 1.29 is 149 Å². The maximum atomic E-state index is 13.7. The summed E-state index contributed by atoms with van der Waals surface area (Å²) in [6.07, 6.45) is 2.50. The molecular formula is C74H92N12O30. The molecule has 0 spiro atoms. The number of unbranched alkanes of at least 4 members (excludes halogenated alkanes) is 5. The zero-order valence-corrected chi connectivity index (χ0v) is 62.1. The van der Waals surface area contributed by atoms with Crippen molar-refractivity contribution in [1.82, 2.24) is 53.2 Å². The minimum absolute atomic E-state index is 0.00687. The van der Waals surface area contributed by atoms with Crippen LogP contribution in [0.25, 0.3) is 0 Å². The number of aromatic hydroxyl groups is 18. The van der Waals surface area contributed by atoms with Gasteiger partial charge in [-0.1, -0.05) is 0 Å². The molecular weight excluding hydrogens is 1540 g/mol. The minimum atomic E-state index is -1.31. The number of benzene rings is 6. The van der Waals surface area contributed by atoms with E-state index in [4.69, 9.17) is 11.5 Å². The summed E-state index contributed by atoms with van der Waals surface area (Å²) in [5, 5.41) is 199. The van der Waals surface area contributed by atoms with Crippen molar-refractivity contribution in [2.45, 2.75) is 133 Å². The number of hydrogen-bond acceptors (Lipinski definition) is 30. The molecule has 0 unspecified atom stereocenters. The Morgan fingerprint density at radius 1 is 0.241 bits per heavy atom. The van der Waals surface area contributed by atoms with Crippen molar-refractivity contribution in [2.75, 3.05) is 32.7 Å². The number of nitrogens with one attached hydrogen (secondary N) is 10. The molecule has 0 bridgehead atoms. The lowest BCUT2D eigenvalue weighted by molar-refractivity contribution is -0.133. The highest BCUT2D eigenvalue weighted by Crippen LogP contribution is 2.40. The van der Waals surface area contributed by atoms with Crippen LogP contribution in [-0.4, -0.2) is 226 Å². The molecule has 6 aromatic carbocycles. The van der Waals surface area contributed by atoms with Crippen LogP contribution >= 0.6 is 0 Å². The van der Waals surface area contributed by atoms with Gasteiger partial charge in [0.05, 0.1) is 0 Å². The van der Waals surface area contributed by atoms with Gasteiger partial charge in [-0.05, 0) is 169 Å². The van der Waals surface area contributed by atoms with Crippen molar-refractivity contribution in [2.24, 2.45) is 11.5 Å². The highest BCUT2D eigenvalue weighted by Gasteiger charge is 2.31. The quantitative estimate of drug-likeness (QED) is 0.0182. The van der Waals surface area contributed by atoms with Gasteiger partial charge in [0.25, 0.3) is 35.4 Å². The van der Waals surface area contributed by atoms with Gasteiger partial charge in [0.2, 0.25) is 35.4 Å². The molecule has 0 aliphatic heterocycles. The van der Waals surface area contributed by atoms with E-state index in [9.17, 15) is 149 Å². The molecule has 116 heavy (non-hydrogen) atoms. The van der Waals surface area contributed by atoms with Crippen LogP contribution in [0, 0.1) is 0 Å². The van der Waals surface area contributed by atoms with Gasteiger partial charge < -0.3 is 157 Å². The summed E-state index contributed by atoms with van der Waals surface area (Å²) in [5.41, 5.74) is 10.1. The Labute approximate surface area is 658 Å². The predicted molar refractivity (Wildman–Crippen MR) is 403 cm³/mol. The van der Waals surface area contributed by atoms with Crippen LogP contribution in [0.5, 0.6) is 103 Å². The van der Waals surface area contributed by atoms with Gasteiger partial charge in [0.15, 0.2) is 103 Å². The first kappa shape index (κ1) is 92.0. The highest BCUT2D eigenvalue weighted by atomic mass is 16.4. The van der Waals surface area contributed by atoms with Gasteiger partial charge >= 0.3 is 0 Å². The number of amides is 12. The molecule has 12 amide bonds. The summed E-state index contributed by atoms with van der Waals surface area (Å²) in [6.45, 7) is 1.46. The van der Waals surface area contributed by atoms with Crippen LogP contribution < -0.4 is 64.6 Å². The van der Waals surface area contributed by atoms with Crippen molar-refractivity contribution in [3.05, 3.63) is 106 Å². The number of phenolic OH excluding ortho intramolecular Hbond substituents is 18. The molecule has 0 aliphatic carbocycles. The largest absolute Gasteiger partial charge is 0.504 e. The van der Waals surface area contributed by atoms with Gasteiger partial charge in [0, 0.05) is 73.0 Å². The fraction of sp³-hybridized carbons (Fsp3) is 0.351. The Bertz CT molecular complexity index is 4460. The molecule has 0 radical (unpaired) electrons. The second-order valence-corrected chi connectivity index (χ2v) is 26.2. The Morgan fingerprint density at radius 3 is 0.595 bits per heavy atom. The Balaban J connectivity index is 0.000000423. The smallest absolute Gasteiger partial charge is 0.252 e. The molecule has 0 saturated carbocycles. The summed E-state index contributed by atoms with van der Waals surface area (Å²) in [5.74, 6) is -22.6. The standard InChI is InChI=1S/C41H53N7O16.C33H39N5O14/c1-20(49)46-25(9-3-6-12-44-38(61)22-16-29(52)34(57)30(53)17-22)40(63)48-26(10-4-7-13-45-39(62)23-18-31(54)35(58)32(55)19-23)41(64)47-24(36(42)59)8-2-5-11-43-37(60)21-14-27(50)33(56)28(51)15-21;34-29(48)18(5-1-3-7-35-30(49)15-9-20(39)26(45)21(40)10-15)37-33(52)19(38-32(51)17-13-24(43)28(47)25(44)14-17)6-2-4-8-36-31(50)16-11-22(41)27(46)23(42)12-16/h14-19,24-26,50-58H,2-13H2,1H3,(H2,42,59)(H,43,60)(H,44,61)(H,45,62)(H,46,49)(H,47,64)(H,48,63);9-14,18-19,39-47H,1-8H2,(H2,34,48)(H,35,49)(H,36,50)(H,37,52)(H,38,51)/t24-,25-,26-;18-,19-/m11/s1. The fourth-order valence-electron chi connectivity index (χ4n) is 11.0. The predicted octanol–water partition coefficient (Wildman–Crippen LogP) is 0.403. The average Bonchev–Trinajstić information content (AvgIpc) is 0.834. The molecule has 6 rings (SSSR count). The van der Waals surface area contributed by atoms with Crippen LogP contribution in [-0.2, 0) is 28.8 Å². The third-order valence-electron chi connectivity index (χ3n) is 17.3. The third-order valence-corrected chi connectivity index (χ3v) is 17.3. The van der Waals surface area contributed by atoms with Crippen molar-refractivity contribution in [3.8, 4) is 103 Å². The molecule has 0 fully saturated rings.